The molecule has 8 atom stereocenters. The van der Waals surface area contributed by atoms with Crippen LogP contribution in [0.1, 0.15) is 84.5 Å². The molecular formula is C23H38O. The van der Waals surface area contributed by atoms with Crippen LogP contribution in [0.2, 0.25) is 0 Å². The minimum atomic E-state index is -0.0473. The van der Waals surface area contributed by atoms with Crippen molar-refractivity contribution in [1.82, 2.24) is 0 Å². The van der Waals surface area contributed by atoms with Gasteiger partial charge in [-0.3, -0.25) is 0 Å². The molecule has 0 amide bonds. The maximum Gasteiger partial charge on any atom is 0.0543 e. The van der Waals surface area contributed by atoms with Gasteiger partial charge in [0, 0.05) is 0 Å². The lowest BCUT2D eigenvalue weighted by Gasteiger charge is -2.61. The fourth-order valence-corrected chi connectivity index (χ4v) is 8.26. The van der Waals surface area contributed by atoms with E-state index in [1.807, 2.05) is 0 Å². The molecule has 1 heteroatoms. The Balaban J connectivity index is 1.62. The lowest BCUT2D eigenvalue weighted by Crippen LogP contribution is -2.54. The SMILES string of the molecule is C=CC12CCC(O)CC1CCC1C3CCC(CCC)C3(C)CCC12. The summed E-state index contributed by atoms with van der Waals surface area (Å²) in [7, 11) is 0. The lowest BCUT2D eigenvalue weighted by atomic mass is 9.44. The third-order valence-electron chi connectivity index (χ3n) is 9.42. The molecule has 4 aliphatic rings. The van der Waals surface area contributed by atoms with Gasteiger partial charge in [-0.25, -0.2) is 0 Å². The summed E-state index contributed by atoms with van der Waals surface area (Å²) in [6.07, 6.45) is 17.0. The second-order valence-electron chi connectivity index (χ2n) is 10.0. The molecule has 1 nitrogen and oxygen atoms in total. The highest BCUT2D eigenvalue weighted by Crippen LogP contribution is 2.68. The van der Waals surface area contributed by atoms with Crippen molar-refractivity contribution in [2.24, 2.45) is 40.4 Å². The van der Waals surface area contributed by atoms with Gasteiger partial charge in [-0.15, -0.1) is 6.58 Å². The van der Waals surface area contributed by atoms with E-state index < -0.39 is 0 Å². The maximum absolute atomic E-state index is 10.2. The number of aliphatic hydroxyl groups is 1. The van der Waals surface area contributed by atoms with Gasteiger partial charge in [0.05, 0.1) is 6.10 Å². The van der Waals surface area contributed by atoms with E-state index in [2.05, 4.69) is 26.5 Å². The van der Waals surface area contributed by atoms with Crippen molar-refractivity contribution < 1.29 is 5.11 Å². The van der Waals surface area contributed by atoms with Crippen LogP contribution in [0.25, 0.3) is 0 Å². The number of aliphatic hydroxyl groups excluding tert-OH is 1. The highest BCUT2D eigenvalue weighted by atomic mass is 16.3. The smallest absolute Gasteiger partial charge is 0.0543 e. The van der Waals surface area contributed by atoms with E-state index >= 15 is 0 Å². The zero-order chi connectivity index (χ0) is 16.9. The average molecular weight is 331 g/mol. The van der Waals surface area contributed by atoms with Crippen LogP contribution in [-0.4, -0.2) is 11.2 Å². The predicted octanol–water partition coefficient (Wildman–Crippen LogP) is 5.97. The third kappa shape index (κ3) is 2.29. The molecule has 24 heavy (non-hydrogen) atoms. The van der Waals surface area contributed by atoms with Gasteiger partial charge in [0.25, 0.3) is 0 Å². The summed E-state index contributed by atoms with van der Waals surface area (Å²) in [6.45, 7) is 9.36. The number of allylic oxidation sites excluding steroid dienone is 1. The van der Waals surface area contributed by atoms with Crippen molar-refractivity contribution in [2.45, 2.75) is 90.6 Å². The molecule has 136 valence electrons. The Kier molecular flexibility index (Phi) is 4.39. The van der Waals surface area contributed by atoms with E-state index in [0.29, 0.717) is 16.7 Å². The number of hydrogen-bond donors (Lipinski definition) is 1. The molecule has 4 saturated carbocycles. The first-order valence-corrected chi connectivity index (χ1v) is 10.9. The molecule has 0 radical (unpaired) electrons. The molecule has 0 heterocycles. The van der Waals surface area contributed by atoms with Gasteiger partial charge >= 0.3 is 0 Å². The number of fused-ring (bicyclic) bond motifs is 5. The minimum absolute atomic E-state index is 0.0473. The molecule has 0 saturated heterocycles. The van der Waals surface area contributed by atoms with Gasteiger partial charge in [-0.05, 0) is 98.2 Å². The standard InChI is InChI=1S/C23H38O/c1-4-6-16-8-10-20-19-9-7-17-15-18(24)11-14-23(17,5-2)21(19)12-13-22(16,20)3/h5,16-21,24H,2,4,6-15H2,1,3H3. The Hall–Kier alpha value is -0.300. The molecule has 0 aromatic rings. The summed E-state index contributed by atoms with van der Waals surface area (Å²) >= 11 is 0. The van der Waals surface area contributed by atoms with E-state index in [4.69, 9.17) is 0 Å². The summed E-state index contributed by atoms with van der Waals surface area (Å²) in [4.78, 5) is 0. The van der Waals surface area contributed by atoms with Gasteiger partial charge < -0.3 is 5.11 Å². The Morgan fingerprint density at radius 3 is 2.62 bits per heavy atom. The van der Waals surface area contributed by atoms with Crippen molar-refractivity contribution in [3.8, 4) is 0 Å². The van der Waals surface area contributed by atoms with Crippen LogP contribution in [0.3, 0.4) is 0 Å². The summed E-state index contributed by atoms with van der Waals surface area (Å²) in [6, 6.07) is 0. The molecule has 0 aromatic heterocycles. The van der Waals surface area contributed by atoms with Crippen molar-refractivity contribution in [3.63, 3.8) is 0 Å². The summed E-state index contributed by atoms with van der Waals surface area (Å²) < 4.78 is 0. The van der Waals surface area contributed by atoms with Crippen LogP contribution in [0, 0.1) is 40.4 Å². The predicted molar refractivity (Wildman–Crippen MR) is 101 cm³/mol. The quantitative estimate of drug-likeness (QED) is 0.632. The Morgan fingerprint density at radius 2 is 1.88 bits per heavy atom. The molecule has 0 aliphatic heterocycles. The number of rotatable bonds is 3. The molecule has 1 N–H and O–H groups in total. The Morgan fingerprint density at radius 1 is 1.04 bits per heavy atom. The summed E-state index contributed by atoms with van der Waals surface area (Å²) in [5.41, 5.74) is 0.979. The monoisotopic (exact) mass is 330 g/mol. The Bertz CT molecular complexity index is 484. The Labute approximate surface area is 149 Å². The van der Waals surface area contributed by atoms with Crippen molar-refractivity contribution in [1.29, 1.82) is 0 Å². The van der Waals surface area contributed by atoms with E-state index in [0.717, 1.165) is 36.5 Å². The van der Waals surface area contributed by atoms with Crippen LogP contribution < -0.4 is 0 Å². The van der Waals surface area contributed by atoms with Crippen LogP contribution in [0.4, 0.5) is 0 Å². The zero-order valence-corrected chi connectivity index (χ0v) is 16.0. The highest BCUT2D eigenvalue weighted by molar-refractivity contribution is 5.14. The van der Waals surface area contributed by atoms with Crippen LogP contribution in [-0.2, 0) is 0 Å². The van der Waals surface area contributed by atoms with Gasteiger partial charge in [0.1, 0.15) is 0 Å². The van der Waals surface area contributed by atoms with Crippen LogP contribution >= 0.6 is 0 Å². The second-order valence-corrected chi connectivity index (χ2v) is 10.0. The summed E-state index contributed by atoms with van der Waals surface area (Å²) in [5.74, 6) is 4.46. The maximum atomic E-state index is 10.2. The summed E-state index contributed by atoms with van der Waals surface area (Å²) in [5, 5.41) is 10.2. The molecule has 4 aliphatic carbocycles. The molecule has 4 rings (SSSR count). The van der Waals surface area contributed by atoms with Crippen molar-refractivity contribution in [2.75, 3.05) is 0 Å². The molecule has 4 fully saturated rings. The topological polar surface area (TPSA) is 20.2 Å². The third-order valence-corrected chi connectivity index (χ3v) is 9.42. The fourth-order valence-electron chi connectivity index (χ4n) is 8.26. The van der Waals surface area contributed by atoms with E-state index in [9.17, 15) is 5.11 Å². The van der Waals surface area contributed by atoms with Crippen molar-refractivity contribution in [3.05, 3.63) is 12.7 Å². The van der Waals surface area contributed by atoms with Crippen LogP contribution in [0.15, 0.2) is 12.7 Å². The van der Waals surface area contributed by atoms with Crippen LogP contribution in [0.5, 0.6) is 0 Å². The highest BCUT2D eigenvalue weighted by Gasteiger charge is 2.60. The molecule has 0 aromatic carbocycles. The zero-order valence-electron chi connectivity index (χ0n) is 16.0. The first kappa shape index (κ1) is 17.1. The van der Waals surface area contributed by atoms with E-state index in [-0.39, 0.29) is 6.10 Å². The van der Waals surface area contributed by atoms with E-state index in [1.54, 1.807) is 0 Å². The number of hydrogen-bond acceptors (Lipinski definition) is 1. The molecule has 8 unspecified atom stereocenters. The molecule has 0 bridgehead atoms. The second kappa shape index (κ2) is 6.15. The van der Waals surface area contributed by atoms with Gasteiger partial charge in [-0.2, -0.15) is 0 Å². The average Bonchev–Trinajstić information content (AvgIpc) is 2.91. The first-order chi connectivity index (χ1) is 11.5. The van der Waals surface area contributed by atoms with Gasteiger partial charge in [0.15, 0.2) is 0 Å². The van der Waals surface area contributed by atoms with Gasteiger partial charge in [0.2, 0.25) is 0 Å². The first-order valence-electron chi connectivity index (χ1n) is 10.9. The minimum Gasteiger partial charge on any atom is -0.393 e. The molecular weight excluding hydrogens is 292 g/mol. The molecule has 0 spiro atoms. The lowest BCUT2D eigenvalue weighted by molar-refractivity contribution is -0.112. The normalized spacial score (nSPS) is 53.8. The van der Waals surface area contributed by atoms with Gasteiger partial charge in [-0.1, -0.05) is 32.8 Å². The largest absolute Gasteiger partial charge is 0.393 e. The van der Waals surface area contributed by atoms with E-state index in [1.165, 1.54) is 57.8 Å². The van der Waals surface area contributed by atoms with Crippen molar-refractivity contribution >= 4 is 0 Å². The fraction of sp³-hybridized carbons (Fsp3) is 0.913.